The number of rotatable bonds is 4. The molecule has 0 bridgehead atoms. The Morgan fingerprint density at radius 1 is 1.24 bits per heavy atom. The molecule has 0 aliphatic heterocycles. The molecule has 0 radical (unpaired) electrons. The lowest BCUT2D eigenvalue weighted by molar-refractivity contribution is 0.557. The minimum atomic E-state index is -0.182. The summed E-state index contributed by atoms with van der Waals surface area (Å²) in [5.41, 5.74) is 3.74. The largest absolute Gasteiger partial charge is 0.460 e. The van der Waals surface area contributed by atoms with Crippen LogP contribution in [0.1, 0.15) is 35.9 Å². The van der Waals surface area contributed by atoms with Crippen molar-refractivity contribution in [2.24, 2.45) is 0 Å². The van der Waals surface area contributed by atoms with E-state index in [9.17, 15) is 4.79 Å². The van der Waals surface area contributed by atoms with Crippen LogP contribution in [0.3, 0.4) is 0 Å². The summed E-state index contributed by atoms with van der Waals surface area (Å²) in [4.78, 5) is 11.4. The molecule has 108 valence electrons. The predicted molar refractivity (Wildman–Crippen MR) is 82.6 cm³/mol. The van der Waals surface area contributed by atoms with Crippen LogP contribution in [0.5, 0.6) is 0 Å². The highest BCUT2D eigenvalue weighted by Gasteiger charge is 2.10. The molecule has 0 aliphatic rings. The van der Waals surface area contributed by atoms with Crippen molar-refractivity contribution in [3.05, 3.63) is 63.3 Å². The maximum atomic E-state index is 11.4. The van der Waals surface area contributed by atoms with Gasteiger partial charge in [-0.2, -0.15) is 5.10 Å². The van der Waals surface area contributed by atoms with Crippen molar-refractivity contribution in [2.75, 3.05) is 0 Å². The highest BCUT2D eigenvalue weighted by Crippen LogP contribution is 2.25. The Morgan fingerprint density at radius 3 is 2.90 bits per heavy atom. The fourth-order valence-electron chi connectivity index (χ4n) is 2.60. The molecular weight excluding hydrogens is 264 g/mol. The maximum absolute atomic E-state index is 11.4. The number of hydrogen-bond donors (Lipinski definition) is 1. The molecule has 0 aliphatic carbocycles. The summed E-state index contributed by atoms with van der Waals surface area (Å²) < 4.78 is 6.01. The molecule has 3 aromatic rings. The van der Waals surface area contributed by atoms with Gasteiger partial charge in [-0.05, 0) is 30.5 Å². The SMILES string of the molecule is CCCc1cccc2cc(Cc3cc(=O)[nH]nc3C)oc12. The third-order valence-corrected chi connectivity index (χ3v) is 3.66. The number of nitrogens with one attached hydrogen (secondary N) is 1. The van der Waals surface area contributed by atoms with Gasteiger partial charge in [0.2, 0.25) is 0 Å². The fraction of sp³-hybridized carbons (Fsp3) is 0.294. The molecule has 3 rings (SSSR count). The molecule has 2 heterocycles. The Balaban J connectivity index is 2.00. The minimum Gasteiger partial charge on any atom is -0.460 e. The van der Waals surface area contributed by atoms with Crippen molar-refractivity contribution in [1.82, 2.24) is 10.2 Å². The molecule has 4 heteroatoms. The van der Waals surface area contributed by atoms with Gasteiger partial charge in [-0.15, -0.1) is 0 Å². The third-order valence-electron chi connectivity index (χ3n) is 3.66. The van der Waals surface area contributed by atoms with Gasteiger partial charge < -0.3 is 4.42 Å². The summed E-state index contributed by atoms with van der Waals surface area (Å²) in [6.45, 7) is 4.05. The highest BCUT2D eigenvalue weighted by atomic mass is 16.3. The summed E-state index contributed by atoms with van der Waals surface area (Å²) in [5, 5.41) is 7.56. The highest BCUT2D eigenvalue weighted by molar-refractivity contribution is 5.81. The van der Waals surface area contributed by atoms with E-state index in [1.807, 2.05) is 6.92 Å². The first-order valence-electron chi connectivity index (χ1n) is 7.23. The van der Waals surface area contributed by atoms with Gasteiger partial charge >= 0.3 is 0 Å². The number of fused-ring (bicyclic) bond motifs is 1. The van der Waals surface area contributed by atoms with E-state index in [-0.39, 0.29) is 5.56 Å². The van der Waals surface area contributed by atoms with Crippen molar-refractivity contribution in [2.45, 2.75) is 33.1 Å². The average Bonchev–Trinajstić information content (AvgIpc) is 2.87. The Kier molecular flexibility index (Phi) is 3.60. The number of aromatic amines is 1. The van der Waals surface area contributed by atoms with Crippen LogP contribution >= 0.6 is 0 Å². The van der Waals surface area contributed by atoms with Gasteiger partial charge in [-0.25, -0.2) is 5.10 Å². The molecular formula is C17H18N2O2. The monoisotopic (exact) mass is 282 g/mol. The summed E-state index contributed by atoms with van der Waals surface area (Å²) in [6.07, 6.45) is 2.69. The molecule has 0 atom stereocenters. The quantitative estimate of drug-likeness (QED) is 0.798. The summed E-state index contributed by atoms with van der Waals surface area (Å²) in [6, 6.07) is 9.87. The summed E-state index contributed by atoms with van der Waals surface area (Å²) in [7, 11) is 0. The molecule has 4 nitrogen and oxygen atoms in total. The van der Waals surface area contributed by atoms with Gasteiger partial charge in [0.05, 0.1) is 5.69 Å². The van der Waals surface area contributed by atoms with Crippen LogP contribution in [0, 0.1) is 6.92 Å². The average molecular weight is 282 g/mol. The molecule has 0 saturated heterocycles. The van der Waals surface area contributed by atoms with Crippen LogP contribution < -0.4 is 5.56 Å². The van der Waals surface area contributed by atoms with Crippen LogP contribution in [0.15, 0.2) is 39.5 Å². The van der Waals surface area contributed by atoms with Crippen molar-refractivity contribution in [3.63, 3.8) is 0 Å². The van der Waals surface area contributed by atoms with Crippen LogP contribution in [0.4, 0.5) is 0 Å². The second kappa shape index (κ2) is 5.56. The normalized spacial score (nSPS) is 11.1. The smallest absolute Gasteiger partial charge is 0.264 e. The van der Waals surface area contributed by atoms with E-state index in [0.717, 1.165) is 40.8 Å². The van der Waals surface area contributed by atoms with Gasteiger partial charge in [0.1, 0.15) is 11.3 Å². The molecule has 0 saturated carbocycles. The van der Waals surface area contributed by atoms with E-state index >= 15 is 0 Å². The van der Waals surface area contributed by atoms with Gasteiger partial charge in [0, 0.05) is 17.9 Å². The van der Waals surface area contributed by atoms with Gasteiger partial charge in [0.25, 0.3) is 5.56 Å². The lowest BCUT2D eigenvalue weighted by Gasteiger charge is -2.01. The number of aromatic nitrogens is 2. The number of benzene rings is 1. The second-order valence-electron chi connectivity index (χ2n) is 5.32. The number of para-hydroxylation sites is 1. The number of hydrogen-bond acceptors (Lipinski definition) is 3. The van der Waals surface area contributed by atoms with Crippen LogP contribution in [-0.2, 0) is 12.8 Å². The molecule has 0 unspecified atom stereocenters. The molecule has 1 N–H and O–H groups in total. The molecule has 0 amide bonds. The van der Waals surface area contributed by atoms with Gasteiger partial charge in [-0.1, -0.05) is 31.5 Å². The molecule has 1 aromatic carbocycles. The Morgan fingerprint density at radius 2 is 2.10 bits per heavy atom. The molecule has 0 spiro atoms. The predicted octanol–water partition coefficient (Wildman–Crippen LogP) is 3.37. The molecule has 2 aromatic heterocycles. The summed E-state index contributed by atoms with van der Waals surface area (Å²) >= 11 is 0. The van der Waals surface area contributed by atoms with E-state index in [1.54, 1.807) is 6.07 Å². The minimum absolute atomic E-state index is 0.182. The lowest BCUT2D eigenvalue weighted by atomic mass is 10.1. The first-order valence-corrected chi connectivity index (χ1v) is 7.23. The number of H-pyrrole nitrogens is 1. The molecule has 0 fully saturated rings. The Bertz CT molecular complexity index is 830. The number of furan rings is 1. The van der Waals surface area contributed by atoms with Crippen molar-refractivity contribution >= 4 is 11.0 Å². The van der Waals surface area contributed by atoms with E-state index in [0.29, 0.717) is 6.42 Å². The Labute approximate surface area is 122 Å². The van der Waals surface area contributed by atoms with E-state index < -0.39 is 0 Å². The zero-order valence-electron chi connectivity index (χ0n) is 12.3. The van der Waals surface area contributed by atoms with Gasteiger partial charge in [0.15, 0.2) is 0 Å². The van der Waals surface area contributed by atoms with Crippen molar-refractivity contribution in [3.8, 4) is 0 Å². The standard InChI is InChI=1S/C17H18N2O2/c1-3-5-12-6-4-7-13-8-15(21-17(12)13)9-14-10-16(20)19-18-11(14)2/h4,6-8,10H,3,5,9H2,1-2H3,(H,19,20). The van der Waals surface area contributed by atoms with E-state index in [2.05, 4.69) is 41.4 Å². The van der Waals surface area contributed by atoms with E-state index in [1.165, 1.54) is 5.56 Å². The number of nitrogens with zero attached hydrogens (tertiary/aromatic N) is 1. The molecule has 21 heavy (non-hydrogen) atoms. The lowest BCUT2D eigenvalue weighted by Crippen LogP contribution is -2.10. The second-order valence-corrected chi connectivity index (χ2v) is 5.32. The topological polar surface area (TPSA) is 58.9 Å². The third kappa shape index (κ3) is 2.75. The van der Waals surface area contributed by atoms with Crippen LogP contribution in [-0.4, -0.2) is 10.2 Å². The zero-order chi connectivity index (χ0) is 14.8. The maximum Gasteiger partial charge on any atom is 0.264 e. The van der Waals surface area contributed by atoms with Crippen LogP contribution in [0.2, 0.25) is 0 Å². The van der Waals surface area contributed by atoms with Gasteiger partial charge in [-0.3, -0.25) is 4.79 Å². The first-order chi connectivity index (χ1) is 10.2. The van der Waals surface area contributed by atoms with Crippen molar-refractivity contribution < 1.29 is 4.42 Å². The Hall–Kier alpha value is -2.36. The van der Waals surface area contributed by atoms with E-state index in [4.69, 9.17) is 4.42 Å². The van der Waals surface area contributed by atoms with Crippen LogP contribution in [0.25, 0.3) is 11.0 Å². The number of aryl methyl sites for hydroxylation is 2. The fourth-order valence-corrected chi connectivity index (χ4v) is 2.60. The van der Waals surface area contributed by atoms with Crippen molar-refractivity contribution in [1.29, 1.82) is 0 Å². The zero-order valence-corrected chi connectivity index (χ0v) is 12.3. The summed E-state index contributed by atoms with van der Waals surface area (Å²) in [5.74, 6) is 0.865. The first kappa shape index (κ1) is 13.6.